The molecule has 1 aliphatic carbocycles. The molecule has 140 heavy (non-hydrogen) atoms. The summed E-state index contributed by atoms with van der Waals surface area (Å²) in [5, 5.41) is 14.9. The molecule has 6 heterocycles. The maximum absolute atomic E-state index is 10.1. The molecule has 0 N–H and O–H groups in total. The molecular formula is C133H91B2N3O2. The van der Waals surface area contributed by atoms with Crippen molar-refractivity contribution in [3.8, 4) is 174 Å². The number of nitriles is 1. The number of fused-ring (bicyclic) bond motifs is 14. The van der Waals surface area contributed by atoms with E-state index in [1.165, 1.54) is 155 Å². The zero-order valence-electron chi connectivity index (χ0n) is 78.3. The first kappa shape index (κ1) is 82.2. The predicted octanol–water partition coefficient (Wildman–Crippen LogP) is 30.4. The van der Waals surface area contributed by atoms with Gasteiger partial charge in [-0.15, -0.1) is 0 Å². The van der Waals surface area contributed by atoms with Gasteiger partial charge in [-0.3, -0.25) is 0 Å². The fourth-order valence-corrected chi connectivity index (χ4v) is 24.6. The van der Waals surface area contributed by atoms with E-state index in [4.69, 9.17) is 9.47 Å². The van der Waals surface area contributed by atoms with E-state index in [0.29, 0.717) is 12.0 Å². The lowest BCUT2D eigenvalue weighted by molar-refractivity contribution is 0.487. The van der Waals surface area contributed by atoms with Gasteiger partial charge in [-0.05, 0) is 332 Å². The topological polar surface area (TPSA) is 52.1 Å². The van der Waals surface area contributed by atoms with Gasteiger partial charge in [0.05, 0.1) is 22.7 Å². The highest BCUT2D eigenvalue weighted by Crippen LogP contribution is 2.51. The molecule has 2 aromatic heterocycles. The molecular weight excluding hydrogens is 1690 g/mol. The van der Waals surface area contributed by atoms with Gasteiger partial charge in [-0.2, -0.15) is 5.26 Å². The minimum Gasteiger partial charge on any atom is -0.458 e. The second kappa shape index (κ2) is 32.7. The Bertz CT molecular complexity index is 9120. The van der Waals surface area contributed by atoms with Crippen molar-refractivity contribution in [2.75, 3.05) is 0 Å². The largest absolute Gasteiger partial charge is 0.458 e. The van der Waals surface area contributed by atoms with Crippen LogP contribution in [-0.2, 0) is 6.42 Å². The highest BCUT2D eigenvalue weighted by atomic mass is 16.5. The molecule has 5 nitrogen and oxygen atoms in total. The molecule has 20 aromatic carbocycles. The Kier molecular flexibility index (Phi) is 19.2. The molecule has 27 rings (SSSR count). The van der Waals surface area contributed by atoms with E-state index in [1.54, 1.807) is 0 Å². The average molecular weight is 1780 g/mol. The van der Waals surface area contributed by atoms with Crippen molar-refractivity contribution in [1.29, 1.82) is 5.26 Å². The van der Waals surface area contributed by atoms with Crippen LogP contribution in [0.1, 0.15) is 62.4 Å². The van der Waals surface area contributed by atoms with Crippen molar-refractivity contribution < 1.29 is 9.47 Å². The Labute approximate surface area is 816 Å². The van der Waals surface area contributed by atoms with Crippen LogP contribution in [0.3, 0.4) is 0 Å². The molecule has 1 unspecified atom stereocenters. The van der Waals surface area contributed by atoms with Gasteiger partial charge < -0.3 is 18.6 Å². The molecule has 0 saturated carbocycles. The summed E-state index contributed by atoms with van der Waals surface area (Å²) < 4.78 is 20.3. The van der Waals surface area contributed by atoms with E-state index >= 15 is 0 Å². The van der Waals surface area contributed by atoms with E-state index in [9.17, 15) is 5.26 Å². The quantitative estimate of drug-likeness (QED) is 0.0961. The monoisotopic (exact) mass is 1780 g/mol. The van der Waals surface area contributed by atoms with Crippen LogP contribution in [0.2, 0.25) is 0 Å². The van der Waals surface area contributed by atoms with Crippen LogP contribution in [0.5, 0.6) is 23.0 Å². The zero-order valence-corrected chi connectivity index (χ0v) is 78.3. The van der Waals surface area contributed by atoms with Gasteiger partial charge in [0.15, 0.2) is 0 Å². The van der Waals surface area contributed by atoms with Gasteiger partial charge >= 0.3 is 0 Å². The van der Waals surface area contributed by atoms with Crippen LogP contribution in [0, 0.1) is 45.9 Å². The molecule has 7 heteroatoms. The summed E-state index contributed by atoms with van der Waals surface area (Å²) in [5.41, 5.74) is 52.2. The molecule has 0 spiro atoms. The number of hydrogen-bond donors (Lipinski definition) is 0. The Hall–Kier alpha value is -17.3. The lowest BCUT2D eigenvalue weighted by atomic mass is 9.34. The number of aromatic nitrogens is 2. The molecule has 5 aliphatic rings. The number of rotatable bonds is 15. The summed E-state index contributed by atoms with van der Waals surface area (Å²) in [6.07, 6.45) is 10.7. The first-order valence-corrected chi connectivity index (χ1v) is 48.9. The molecule has 0 radical (unpaired) electrons. The second-order valence-corrected chi connectivity index (χ2v) is 38.9. The number of benzene rings is 20. The third-order valence-corrected chi connectivity index (χ3v) is 30.4. The number of nitrogens with zero attached hydrogens (tertiary/aromatic N) is 3. The van der Waals surface area contributed by atoms with Crippen LogP contribution in [0.25, 0.3) is 189 Å². The first-order chi connectivity index (χ1) is 68.9. The van der Waals surface area contributed by atoms with Crippen molar-refractivity contribution in [2.24, 2.45) is 0 Å². The van der Waals surface area contributed by atoms with Gasteiger partial charge in [0, 0.05) is 49.9 Å². The zero-order chi connectivity index (χ0) is 93.2. The van der Waals surface area contributed by atoms with Crippen LogP contribution < -0.4 is 42.3 Å². The molecule has 656 valence electrons. The summed E-state index contributed by atoms with van der Waals surface area (Å²) in [4.78, 5) is 0. The van der Waals surface area contributed by atoms with E-state index in [-0.39, 0.29) is 19.3 Å². The van der Waals surface area contributed by atoms with Crippen LogP contribution >= 0.6 is 0 Å². The fourth-order valence-electron chi connectivity index (χ4n) is 24.6. The normalized spacial score (nSPS) is 13.3. The van der Waals surface area contributed by atoms with Gasteiger partial charge in [0.25, 0.3) is 13.4 Å². The van der Waals surface area contributed by atoms with Crippen LogP contribution in [0.4, 0.5) is 0 Å². The first-order valence-electron chi connectivity index (χ1n) is 48.9. The molecule has 0 bridgehead atoms. The van der Waals surface area contributed by atoms with E-state index < -0.39 is 0 Å². The lowest BCUT2D eigenvalue weighted by Gasteiger charge is -2.34. The number of ether oxygens (including phenoxy) is 2. The minimum atomic E-state index is -0.263. The highest BCUT2D eigenvalue weighted by molar-refractivity contribution is 7.00. The molecule has 0 fully saturated rings. The third kappa shape index (κ3) is 13.4. The van der Waals surface area contributed by atoms with Gasteiger partial charge in [-0.1, -0.05) is 357 Å². The second-order valence-electron chi connectivity index (χ2n) is 38.9. The van der Waals surface area contributed by atoms with Crippen molar-refractivity contribution in [1.82, 2.24) is 9.13 Å². The molecule has 0 saturated heterocycles. The van der Waals surface area contributed by atoms with Crippen molar-refractivity contribution in [2.45, 2.75) is 53.4 Å². The molecule has 22 aromatic rings. The molecule has 4 aliphatic heterocycles. The van der Waals surface area contributed by atoms with E-state index in [2.05, 4.69) is 468 Å². The summed E-state index contributed by atoms with van der Waals surface area (Å²) in [5.74, 6) is 3.59. The molecule has 1 atom stereocenters. The summed E-state index contributed by atoms with van der Waals surface area (Å²) in [7, 11) is 0. The minimum absolute atomic E-state index is 0.202. The Morgan fingerprint density at radius 3 is 1.19 bits per heavy atom. The maximum Gasteiger partial charge on any atom is 0.256 e. The van der Waals surface area contributed by atoms with E-state index in [1.807, 2.05) is 12.1 Å². The van der Waals surface area contributed by atoms with Gasteiger partial charge in [0.1, 0.15) is 23.0 Å². The van der Waals surface area contributed by atoms with Gasteiger partial charge in [-0.25, -0.2) is 0 Å². The van der Waals surface area contributed by atoms with Crippen LogP contribution in [-0.4, -0.2) is 22.6 Å². The lowest BCUT2D eigenvalue weighted by Crippen LogP contribution is -2.58. The smallest absolute Gasteiger partial charge is 0.256 e. The predicted molar refractivity (Wildman–Crippen MR) is 586 cm³/mol. The summed E-state index contributed by atoms with van der Waals surface area (Å²) >= 11 is 0. The van der Waals surface area contributed by atoms with Crippen molar-refractivity contribution in [3.05, 3.63) is 481 Å². The highest BCUT2D eigenvalue weighted by Gasteiger charge is 2.45. The number of hydrogen-bond acceptors (Lipinski definition) is 3. The Balaban J connectivity index is 0.612. The Morgan fingerprint density at radius 2 is 0.693 bits per heavy atom. The summed E-state index contributed by atoms with van der Waals surface area (Å²) in [6, 6.07) is 154. The fraction of sp³-hybridized carbons (Fsp3) is 0.0602. The standard InChI is InChI=1S/C133H91B2N3O2/c1-80-61-82(3)128(83(4)62-80)95-55-59-124-116(71-95)134-119-74-99(110-47-26-21-42-105(110)91-36-16-9-17-37-91)70-115-113-68-94(108-45-23-19-40-103(108)89-32-12-7-13-33-89)54-58-121(113)138(133(115)119)123-76-100(78-127(140-124)131(123)134)111-48-27-24-43-106(111)92-38-28-29-86(65-92)66-101-64-81(2)63-84(5)129(101)96-56-60-125-117(72-96)135-118-73-98(109-46-25-20-41-104(109)90-34-14-8-15-35-90)69-114-112-67-93(107-44-22-18-39-102(107)88-30-10-6-11-31-88)53-57-120(112)137(132(114)118)122-75-97(77-126(139-125)130(122)135)87-51-49-85(79-136)50-52-87/h6-36,38-65,67-78,91H,37,66H2,1-5H3. The third-order valence-electron chi connectivity index (χ3n) is 30.4. The van der Waals surface area contributed by atoms with Crippen LogP contribution in [0.15, 0.2) is 431 Å². The van der Waals surface area contributed by atoms with Gasteiger partial charge in [0.2, 0.25) is 0 Å². The van der Waals surface area contributed by atoms with E-state index in [0.717, 1.165) is 140 Å². The maximum atomic E-state index is 10.1. The summed E-state index contributed by atoms with van der Waals surface area (Å²) in [6.45, 7) is 10.8. The molecule has 0 amide bonds. The SMILES string of the molecule is Cc1cc(C)c(-c2ccc3c(c2)B2c4c(cc(-c5ccccc5-c5cccc(Cc6cc(C)cc(C)c6-c6ccc7c(c6)B6c8c(cc(-c9ccc(C#N)cc9)cc8-n8c9ccc(-c%10ccccc%10-c%10ccccc%10)cc9c9cc(-c%10ccccc%10-c%10ccccc%10)cc6c98)O7)c5)cc4-n4c5ccc(-c6ccccc6-c6ccccc6)cc5c5cc(-c6ccccc6C6C=CC=CC6)cc2c54)O3)c(C)c1. The number of aryl methyl sites for hydroxylation is 5. The van der Waals surface area contributed by atoms with Crippen molar-refractivity contribution in [3.63, 3.8) is 0 Å². The van der Waals surface area contributed by atoms with Crippen molar-refractivity contribution >= 4 is 89.8 Å². The Morgan fingerprint density at radius 1 is 0.300 bits per heavy atom. The average Bonchev–Trinajstić information content (AvgIpc) is 1.60. The number of allylic oxidation sites excluding steroid dienone is 4.